The molecule has 162 valence electrons. The van der Waals surface area contributed by atoms with Gasteiger partial charge in [0.1, 0.15) is 5.76 Å². The Bertz CT molecular complexity index is 947. The van der Waals surface area contributed by atoms with Gasteiger partial charge >= 0.3 is 0 Å². The first-order valence-corrected chi connectivity index (χ1v) is 12.1. The average Bonchev–Trinajstić information content (AvgIpc) is 3.51. The van der Waals surface area contributed by atoms with Gasteiger partial charge in [-0.05, 0) is 56.0 Å². The van der Waals surface area contributed by atoms with E-state index in [4.69, 9.17) is 4.42 Å². The van der Waals surface area contributed by atoms with Gasteiger partial charge in [0.2, 0.25) is 15.9 Å². The fraction of sp³-hybridized carbons (Fsp3) is 0.500. The van der Waals surface area contributed by atoms with E-state index >= 15 is 0 Å². The summed E-state index contributed by atoms with van der Waals surface area (Å²) in [4.78, 5) is 15.2. The summed E-state index contributed by atoms with van der Waals surface area (Å²) in [6, 6.07) is 10.7. The lowest BCUT2D eigenvalue weighted by Crippen LogP contribution is -2.39. The molecule has 4 rings (SSSR count). The second-order valence-electron chi connectivity index (χ2n) is 8.11. The van der Waals surface area contributed by atoms with Gasteiger partial charge in [-0.3, -0.25) is 9.69 Å². The van der Waals surface area contributed by atoms with Gasteiger partial charge in [-0.15, -0.1) is 0 Å². The maximum absolute atomic E-state index is 12.8. The van der Waals surface area contributed by atoms with E-state index in [1.54, 1.807) is 30.5 Å². The minimum Gasteiger partial charge on any atom is -0.468 e. The molecule has 2 fully saturated rings. The summed E-state index contributed by atoms with van der Waals surface area (Å²) in [6.07, 6.45) is 7.95. The molecule has 2 heterocycles. The van der Waals surface area contributed by atoms with Crippen molar-refractivity contribution in [3.8, 4) is 0 Å². The van der Waals surface area contributed by atoms with E-state index in [-0.39, 0.29) is 17.3 Å². The molecule has 0 atom stereocenters. The monoisotopic (exact) mass is 431 g/mol. The molecule has 0 bridgehead atoms. The Balaban J connectivity index is 1.43. The van der Waals surface area contributed by atoms with Crippen LogP contribution in [0, 0.1) is 0 Å². The summed E-state index contributed by atoms with van der Waals surface area (Å²) in [5, 5.41) is 2.88. The van der Waals surface area contributed by atoms with Crippen molar-refractivity contribution in [3.05, 3.63) is 48.4 Å². The molecule has 30 heavy (non-hydrogen) atoms. The highest BCUT2D eigenvalue weighted by molar-refractivity contribution is 7.89. The van der Waals surface area contributed by atoms with Crippen molar-refractivity contribution in [1.82, 2.24) is 9.21 Å². The van der Waals surface area contributed by atoms with E-state index in [1.807, 2.05) is 12.1 Å². The van der Waals surface area contributed by atoms with Crippen molar-refractivity contribution < 1.29 is 17.6 Å². The lowest BCUT2D eigenvalue weighted by molar-refractivity contribution is -0.118. The molecule has 0 unspecified atom stereocenters. The Labute approximate surface area is 178 Å². The van der Waals surface area contributed by atoms with Gasteiger partial charge in [-0.2, -0.15) is 4.31 Å². The second-order valence-corrected chi connectivity index (χ2v) is 10.0. The number of carbonyl (C=O) groups excluding carboxylic acids is 1. The normalized spacial score (nSPS) is 18.3. The summed E-state index contributed by atoms with van der Waals surface area (Å²) >= 11 is 0. The number of hydrogen-bond acceptors (Lipinski definition) is 5. The number of benzene rings is 1. The fourth-order valence-electron chi connectivity index (χ4n) is 4.38. The van der Waals surface area contributed by atoms with Crippen LogP contribution in [0.15, 0.2) is 52.0 Å². The van der Waals surface area contributed by atoms with E-state index in [0.29, 0.717) is 31.4 Å². The van der Waals surface area contributed by atoms with Crippen LogP contribution in [0.1, 0.15) is 44.3 Å². The third-order valence-corrected chi connectivity index (χ3v) is 7.84. The van der Waals surface area contributed by atoms with Gasteiger partial charge in [0.15, 0.2) is 0 Å². The Morgan fingerprint density at radius 1 is 1.10 bits per heavy atom. The van der Waals surface area contributed by atoms with Crippen LogP contribution in [0.5, 0.6) is 0 Å². The Hall–Kier alpha value is -2.16. The highest BCUT2D eigenvalue weighted by Crippen LogP contribution is 2.26. The summed E-state index contributed by atoms with van der Waals surface area (Å²) in [5.74, 6) is 0.692. The molecule has 1 aliphatic heterocycles. The summed E-state index contributed by atoms with van der Waals surface area (Å²) in [5.41, 5.74) is 0.504. The second kappa shape index (κ2) is 9.32. The first-order valence-electron chi connectivity index (χ1n) is 10.7. The zero-order chi connectivity index (χ0) is 21.0. The molecule has 1 aromatic heterocycles. The minimum absolute atomic E-state index is 0.149. The average molecular weight is 432 g/mol. The summed E-state index contributed by atoms with van der Waals surface area (Å²) in [7, 11) is -3.51. The molecule has 2 aliphatic rings. The van der Waals surface area contributed by atoms with Crippen molar-refractivity contribution in [2.45, 2.75) is 56.0 Å². The molecule has 1 N–H and O–H groups in total. The van der Waals surface area contributed by atoms with E-state index in [9.17, 15) is 13.2 Å². The largest absolute Gasteiger partial charge is 0.468 e. The van der Waals surface area contributed by atoms with Gasteiger partial charge in [0.05, 0.1) is 24.2 Å². The predicted octanol–water partition coefficient (Wildman–Crippen LogP) is 3.45. The molecule has 1 aliphatic carbocycles. The number of nitrogens with zero attached hydrogens (tertiary/aromatic N) is 2. The molecule has 8 heteroatoms. The maximum Gasteiger partial charge on any atom is 0.243 e. The third-order valence-electron chi connectivity index (χ3n) is 5.95. The standard InChI is InChI=1S/C22H29N3O4S/c26-22(17-24(19-8-1-2-9-19)16-20-10-6-14-29-20)23-18-7-5-11-21(15-18)30(27,28)25-12-3-4-13-25/h5-7,10-11,14-15,19H,1-4,8-9,12-13,16-17H2,(H,23,26). The van der Waals surface area contributed by atoms with E-state index in [1.165, 1.54) is 17.1 Å². The lowest BCUT2D eigenvalue weighted by atomic mass is 10.2. The number of nitrogens with one attached hydrogen (secondary N) is 1. The van der Waals surface area contributed by atoms with Crippen LogP contribution in [0.4, 0.5) is 5.69 Å². The molecule has 0 spiro atoms. The molecule has 1 aromatic carbocycles. The summed E-state index contributed by atoms with van der Waals surface area (Å²) < 4.78 is 32.6. The van der Waals surface area contributed by atoms with Gasteiger partial charge in [0, 0.05) is 24.8 Å². The zero-order valence-electron chi connectivity index (χ0n) is 17.1. The number of furan rings is 1. The van der Waals surface area contributed by atoms with Crippen LogP contribution in [0.25, 0.3) is 0 Å². The van der Waals surface area contributed by atoms with Crippen LogP contribution in [-0.4, -0.2) is 49.2 Å². The van der Waals surface area contributed by atoms with E-state index in [0.717, 1.165) is 31.4 Å². The van der Waals surface area contributed by atoms with Crippen molar-refractivity contribution in [1.29, 1.82) is 0 Å². The SMILES string of the molecule is O=C(CN(Cc1ccco1)C1CCCC1)Nc1cccc(S(=O)(=O)N2CCCC2)c1. The van der Waals surface area contributed by atoms with Crippen LogP contribution in [-0.2, 0) is 21.4 Å². The van der Waals surface area contributed by atoms with Crippen LogP contribution < -0.4 is 5.32 Å². The molecular formula is C22H29N3O4S. The van der Waals surface area contributed by atoms with Crippen molar-refractivity contribution in [2.75, 3.05) is 25.0 Å². The number of carbonyl (C=O) groups is 1. The number of anilines is 1. The lowest BCUT2D eigenvalue weighted by Gasteiger charge is -2.27. The van der Waals surface area contributed by atoms with Gasteiger partial charge in [-0.1, -0.05) is 18.9 Å². The maximum atomic E-state index is 12.8. The smallest absolute Gasteiger partial charge is 0.243 e. The molecule has 1 amide bonds. The van der Waals surface area contributed by atoms with Crippen LogP contribution >= 0.6 is 0 Å². The van der Waals surface area contributed by atoms with Crippen LogP contribution in [0.3, 0.4) is 0 Å². The molecular weight excluding hydrogens is 402 g/mol. The molecule has 1 saturated heterocycles. The quantitative estimate of drug-likeness (QED) is 0.692. The van der Waals surface area contributed by atoms with Gasteiger partial charge < -0.3 is 9.73 Å². The molecule has 7 nitrogen and oxygen atoms in total. The number of rotatable bonds is 8. The number of sulfonamides is 1. The van der Waals surface area contributed by atoms with Gasteiger partial charge in [0.25, 0.3) is 0 Å². The van der Waals surface area contributed by atoms with Crippen molar-refractivity contribution >= 4 is 21.6 Å². The van der Waals surface area contributed by atoms with Gasteiger partial charge in [-0.25, -0.2) is 8.42 Å². The first-order chi connectivity index (χ1) is 14.5. The zero-order valence-corrected chi connectivity index (χ0v) is 17.9. The van der Waals surface area contributed by atoms with Crippen molar-refractivity contribution in [2.24, 2.45) is 0 Å². The highest BCUT2D eigenvalue weighted by Gasteiger charge is 2.28. The Kier molecular flexibility index (Phi) is 6.55. The third kappa shape index (κ3) is 4.94. The Morgan fingerprint density at radius 3 is 2.57 bits per heavy atom. The molecule has 0 radical (unpaired) electrons. The number of hydrogen-bond donors (Lipinski definition) is 1. The highest BCUT2D eigenvalue weighted by atomic mass is 32.2. The first kappa shape index (κ1) is 21.1. The van der Waals surface area contributed by atoms with Crippen molar-refractivity contribution in [3.63, 3.8) is 0 Å². The fourth-order valence-corrected chi connectivity index (χ4v) is 5.95. The van der Waals surface area contributed by atoms with E-state index < -0.39 is 10.0 Å². The molecule has 1 saturated carbocycles. The predicted molar refractivity (Wildman–Crippen MR) is 114 cm³/mol. The van der Waals surface area contributed by atoms with Crippen LogP contribution in [0.2, 0.25) is 0 Å². The Morgan fingerprint density at radius 2 is 1.87 bits per heavy atom. The van der Waals surface area contributed by atoms with E-state index in [2.05, 4.69) is 10.2 Å². The minimum atomic E-state index is -3.51. The molecule has 2 aromatic rings. The topological polar surface area (TPSA) is 82.9 Å². The summed E-state index contributed by atoms with van der Waals surface area (Å²) in [6.45, 7) is 1.95. The number of amides is 1.